The highest BCUT2D eigenvalue weighted by Gasteiger charge is 2.36. The maximum Gasteiger partial charge on any atom is 0.433 e. The third-order valence-electron chi connectivity index (χ3n) is 4.50. The molecule has 0 aliphatic heterocycles. The number of hydrogen-bond donors (Lipinski definition) is 1. The molecule has 0 unspecified atom stereocenters. The van der Waals surface area contributed by atoms with Crippen LogP contribution in [-0.2, 0) is 12.4 Å². The van der Waals surface area contributed by atoms with E-state index >= 15 is 0 Å². The van der Waals surface area contributed by atoms with Crippen LogP contribution in [0.2, 0.25) is 0 Å². The van der Waals surface area contributed by atoms with Crippen LogP contribution in [-0.4, -0.2) is 20.5 Å². The first-order chi connectivity index (χ1) is 15.0. The molecule has 0 aliphatic rings. The summed E-state index contributed by atoms with van der Waals surface area (Å²) < 4.78 is 80.8. The predicted molar refractivity (Wildman–Crippen MR) is 103 cm³/mol. The first-order valence-corrected chi connectivity index (χ1v) is 9.05. The lowest BCUT2D eigenvalue weighted by atomic mass is 10.1. The average Bonchev–Trinajstić information content (AvgIpc) is 3.17. The van der Waals surface area contributed by atoms with Crippen molar-refractivity contribution in [1.29, 1.82) is 0 Å². The Labute approximate surface area is 176 Å². The van der Waals surface area contributed by atoms with E-state index in [1.165, 1.54) is 6.07 Å². The van der Waals surface area contributed by atoms with E-state index < -0.39 is 40.9 Å². The first-order valence-electron chi connectivity index (χ1n) is 9.05. The van der Waals surface area contributed by atoms with Gasteiger partial charge in [0, 0.05) is 11.6 Å². The number of carbonyl (C=O) groups is 1. The van der Waals surface area contributed by atoms with Gasteiger partial charge in [-0.1, -0.05) is 42.5 Å². The molecule has 32 heavy (non-hydrogen) atoms. The molecule has 4 rings (SSSR count). The molecular formula is C21H12F6N4O. The van der Waals surface area contributed by atoms with E-state index in [1.54, 1.807) is 30.3 Å². The molecule has 5 nitrogen and oxygen atoms in total. The van der Waals surface area contributed by atoms with Crippen LogP contribution in [0.5, 0.6) is 0 Å². The predicted octanol–water partition coefficient (Wildman–Crippen LogP) is 5.69. The van der Waals surface area contributed by atoms with Crippen molar-refractivity contribution in [2.75, 3.05) is 5.32 Å². The molecule has 0 aliphatic carbocycles. The zero-order valence-electron chi connectivity index (χ0n) is 15.9. The molecule has 2 aromatic carbocycles. The van der Waals surface area contributed by atoms with E-state index in [4.69, 9.17) is 0 Å². The average molecular weight is 450 g/mol. The Hall–Kier alpha value is -3.89. The zero-order chi connectivity index (χ0) is 23.1. The fraction of sp³-hybridized carbons (Fsp3) is 0.0952. The van der Waals surface area contributed by atoms with Gasteiger partial charge in [0.25, 0.3) is 5.91 Å². The molecule has 0 spiro atoms. The van der Waals surface area contributed by atoms with E-state index in [0.29, 0.717) is 10.1 Å². The van der Waals surface area contributed by atoms with Gasteiger partial charge < -0.3 is 5.32 Å². The van der Waals surface area contributed by atoms with Gasteiger partial charge in [0.1, 0.15) is 0 Å². The largest absolute Gasteiger partial charge is 0.433 e. The highest BCUT2D eigenvalue weighted by atomic mass is 19.4. The SMILES string of the molecule is O=C(Nc1ccccc1C(F)(F)F)c1cc2nc(-c3ccccc3)cc(C(F)(F)F)n2n1. The molecule has 0 atom stereocenters. The summed E-state index contributed by atoms with van der Waals surface area (Å²) in [5.41, 5.74) is -3.23. The minimum atomic E-state index is -4.83. The van der Waals surface area contributed by atoms with Crippen molar-refractivity contribution < 1.29 is 31.1 Å². The van der Waals surface area contributed by atoms with E-state index in [1.807, 2.05) is 0 Å². The Bertz CT molecular complexity index is 1300. The smallest absolute Gasteiger partial charge is 0.320 e. The van der Waals surface area contributed by atoms with Gasteiger partial charge in [-0.3, -0.25) is 4.79 Å². The summed E-state index contributed by atoms with van der Waals surface area (Å²) in [6.45, 7) is 0. The summed E-state index contributed by atoms with van der Waals surface area (Å²) in [5.74, 6) is -1.11. The number of para-hydroxylation sites is 1. The first kappa shape index (κ1) is 21.3. The number of carbonyl (C=O) groups excluding carboxylic acids is 1. The van der Waals surface area contributed by atoms with Crippen molar-refractivity contribution in [2.24, 2.45) is 0 Å². The van der Waals surface area contributed by atoms with Crippen LogP contribution in [0.25, 0.3) is 16.9 Å². The van der Waals surface area contributed by atoms with Crippen molar-refractivity contribution in [3.05, 3.63) is 83.7 Å². The van der Waals surface area contributed by atoms with Gasteiger partial charge in [-0.2, -0.15) is 31.4 Å². The molecule has 11 heteroatoms. The molecule has 1 N–H and O–H groups in total. The number of nitrogens with one attached hydrogen (secondary N) is 1. The Balaban J connectivity index is 1.78. The van der Waals surface area contributed by atoms with Crippen LogP contribution in [0.4, 0.5) is 32.0 Å². The van der Waals surface area contributed by atoms with Crippen molar-refractivity contribution >= 4 is 17.2 Å². The number of nitrogens with zero attached hydrogens (tertiary/aromatic N) is 3. The Morgan fingerprint density at radius 3 is 2.16 bits per heavy atom. The molecule has 4 aromatic rings. The van der Waals surface area contributed by atoms with Crippen LogP contribution < -0.4 is 5.32 Å². The number of hydrogen-bond acceptors (Lipinski definition) is 3. The third kappa shape index (κ3) is 4.13. The molecule has 0 saturated heterocycles. The van der Waals surface area contributed by atoms with Crippen LogP contribution in [0.1, 0.15) is 21.7 Å². The van der Waals surface area contributed by atoms with Crippen molar-refractivity contribution in [3.63, 3.8) is 0 Å². The lowest BCUT2D eigenvalue weighted by Crippen LogP contribution is -2.18. The van der Waals surface area contributed by atoms with Gasteiger partial charge in [-0.15, -0.1) is 0 Å². The highest BCUT2D eigenvalue weighted by Crippen LogP contribution is 2.35. The minimum Gasteiger partial charge on any atom is -0.320 e. The monoisotopic (exact) mass is 450 g/mol. The van der Waals surface area contributed by atoms with Crippen molar-refractivity contribution in [2.45, 2.75) is 12.4 Å². The van der Waals surface area contributed by atoms with Gasteiger partial charge in [-0.05, 0) is 18.2 Å². The lowest BCUT2D eigenvalue weighted by Gasteiger charge is -2.12. The number of benzene rings is 2. The molecule has 0 saturated carbocycles. The summed E-state index contributed by atoms with van der Waals surface area (Å²) in [5, 5.41) is 5.70. The third-order valence-corrected chi connectivity index (χ3v) is 4.50. The van der Waals surface area contributed by atoms with Crippen LogP contribution in [0.3, 0.4) is 0 Å². The number of halogens is 6. The molecule has 0 bridgehead atoms. The van der Waals surface area contributed by atoms with Crippen molar-refractivity contribution in [3.8, 4) is 11.3 Å². The number of anilines is 1. The normalized spacial score (nSPS) is 12.2. The fourth-order valence-electron chi connectivity index (χ4n) is 3.07. The highest BCUT2D eigenvalue weighted by molar-refractivity contribution is 6.04. The number of aromatic nitrogens is 3. The van der Waals surface area contributed by atoms with Crippen LogP contribution in [0.15, 0.2) is 66.7 Å². The van der Waals surface area contributed by atoms with Gasteiger partial charge >= 0.3 is 12.4 Å². The Morgan fingerprint density at radius 1 is 0.844 bits per heavy atom. The number of fused-ring (bicyclic) bond motifs is 1. The summed E-state index contributed by atoms with van der Waals surface area (Å²) in [4.78, 5) is 16.6. The zero-order valence-corrected chi connectivity index (χ0v) is 15.9. The number of alkyl halides is 6. The van der Waals surface area contributed by atoms with Gasteiger partial charge in [-0.25, -0.2) is 9.50 Å². The van der Waals surface area contributed by atoms with E-state index in [9.17, 15) is 31.1 Å². The standard InChI is InChI=1S/C21H12F6N4O/c22-20(23,24)13-8-4-5-9-14(13)29-19(32)16-11-18-28-15(12-6-2-1-3-7-12)10-17(21(25,26)27)31(18)30-16/h1-11H,(H,29,32). The summed E-state index contributed by atoms with van der Waals surface area (Å²) in [6, 6.07) is 14.1. The van der Waals surface area contributed by atoms with Crippen LogP contribution in [0, 0.1) is 0 Å². The maximum atomic E-state index is 13.6. The summed E-state index contributed by atoms with van der Waals surface area (Å²) in [7, 11) is 0. The second-order valence-electron chi connectivity index (χ2n) is 6.69. The molecule has 164 valence electrons. The van der Waals surface area contributed by atoms with Crippen LogP contribution >= 0.6 is 0 Å². The minimum absolute atomic E-state index is 0.000278. The van der Waals surface area contributed by atoms with E-state index in [-0.39, 0.29) is 11.3 Å². The lowest BCUT2D eigenvalue weighted by molar-refractivity contribution is -0.142. The van der Waals surface area contributed by atoms with E-state index in [2.05, 4.69) is 15.4 Å². The molecule has 2 heterocycles. The van der Waals surface area contributed by atoms with Gasteiger partial charge in [0.2, 0.25) is 0 Å². The van der Waals surface area contributed by atoms with E-state index in [0.717, 1.165) is 30.3 Å². The number of amides is 1. The molecular weight excluding hydrogens is 438 g/mol. The molecule has 0 radical (unpaired) electrons. The van der Waals surface area contributed by atoms with Gasteiger partial charge in [0.05, 0.1) is 16.9 Å². The maximum absolute atomic E-state index is 13.6. The summed E-state index contributed by atoms with van der Waals surface area (Å²) in [6.07, 6.45) is -9.56. The Morgan fingerprint density at radius 2 is 1.50 bits per heavy atom. The topological polar surface area (TPSA) is 59.3 Å². The molecule has 2 aromatic heterocycles. The van der Waals surface area contributed by atoms with Gasteiger partial charge in [0.15, 0.2) is 17.0 Å². The van der Waals surface area contributed by atoms with Crippen molar-refractivity contribution in [1.82, 2.24) is 14.6 Å². The second kappa shape index (κ2) is 7.66. The Kier molecular flexibility index (Phi) is 5.11. The summed E-state index contributed by atoms with van der Waals surface area (Å²) >= 11 is 0. The quantitative estimate of drug-likeness (QED) is 0.408. The number of rotatable bonds is 3. The molecule has 1 amide bonds. The fourth-order valence-corrected chi connectivity index (χ4v) is 3.07. The molecule has 0 fully saturated rings. The second-order valence-corrected chi connectivity index (χ2v) is 6.69.